The highest BCUT2D eigenvalue weighted by Crippen LogP contribution is 2.28. The molecule has 2 aromatic carbocycles. The van der Waals surface area contributed by atoms with Crippen molar-refractivity contribution in [2.45, 2.75) is 19.6 Å². The van der Waals surface area contributed by atoms with Crippen LogP contribution in [-0.4, -0.2) is 18.5 Å². The Morgan fingerprint density at radius 2 is 1.95 bits per heavy atom. The monoisotopic (exact) mass is 271 g/mol. The van der Waals surface area contributed by atoms with E-state index < -0.39 is 0 Å². The van der Waals surface area contributed by atoms with Gasteiger partial charge in [-0.15, -0.1) is 0 Å². The predicted molar refractivity (Wildman–Crippen MR) is 77.2 cm³/mol. The van der Waals surface area contributed by atoms with Gasteiger partial charge in [-0.1, -0.05) is 24.3 Å². The summed E-state index contributed by atoms with van der Waals surface area (Å²) in [5.74, 6) is 0.744. The van der Waals surface area contributed by atoms with Gasteiger partial charge in [-0.3, -0.25) is 0 Å². The number of likely N-dealkylation sites (N-methyl/N-ethyl adjacent to an activating group) is 1. The summed E-state index contributed by atoms with van der Waals surface area (Å²) in [6, 6.07) is 12.7. The number of fused-ring (bicyclic) bond motifs is 1. The average Bonchev–Trinajstić information content (AvgIpc) is 2.46. The molecule has 0 saturated heterocycles. The molecule has 0 unspecified atom stereocenters. The lowest BCUT2D eigenvalue weighted by molar-refractivity contribution is 0.283. The standard InChI is InChI=1S/C17H18FNO/c1-19-10-9-16-14(11-19)3-2-4-17(16)20-12-13-5-7-15(18)8-6-13/h2-8H,9-12H2,1H3. The van der Waals surface area contributed by atoms with Crippen LogP contribution in [0.3, 0.4) is 0 Å². The topological polar surface area (TPSA) is 12.5 Å². The van der Waals surface area contributed by atoms with E-state index in [1.807, 2.05) is 12.1 Å². The second kappa shape index (κ2) is 5.63. The first-order valence-electron chi connectivity index (χ1n) is 6.89. The zero-order valence-electron chi connectivity index (χ0n) is 11.6. The van der Waals surface area contributed by atoms with Gasteiger partial charge in [0.2, 0.25) is 0 Å². The van der Waals surface area contributed by atoms with Crippen LogP contribution in [0.15, 0.2) is 42.5 Å². The maximum absolute atomic E-state index is 12.9. The molecule has 0 N–H and O–H groups in total. The molecule has 0 spiro atoms. The molecule has 0 atom stereocenters. The number of hydrogen-bond donors (Lipinski definition) is 0. The smallest absolute Gasteiger partial charge is 0.123 e. The Balaban J connectivity index is 1.75. The van der Waals surface area contributed by atoms with Crippen LogP contribution in [0.25, 0.3) is 0 Å². The van der Waals surface area contributed by atoms with Crippen molar-refractivity contribution in [1.29, 1.82) is 0 Å². The Morgan fingerprint density at radius 3 is 2.75 bits per heavy atom. The highest BCUT2D eigenvalue weighted by molar-refractivity contribution is 5.41. The first-order chi connectivity index (χ1) is 9.72. The third kappa shape index (κ3) is 2.83. The van der Waals surface area contributed by atoms with Crippen LogP contribution in [0.5, 0.6) is 5.75 Å². The molecule has 0 radical (unpaired) electrons. The van der Waals surface area contributed by atoms with Crippen molar-refractivity contribution < 1.29 is 9.13 Å². The fourth-order valence-electron chi connectivity index (χ4n) is 2.59. The number of rotatable bonds is 3. The summed E-state index contributed by atoms with van der Waals surface area (Å²) >= 11 is 0. The maximum atomic E-state index is 12.9. The zero-order chi connectivity index (χ0) is 13.9. The third-order valence-corrected chi connectivity index (χ3v) is 3.72. The van der Waals surface area contributed by atoms with Crippen molar-refractivity contribution in [3.63, 3.8) is 0 Å². The Labute approximate surface area is 118 Å². The van der Waals surface area contributed by atoms with E-state index in [9.17, 15) is 4.39 Å². The molecule has 0 aromatic heterocycles. The van der Waals surface area contributed by atoms with E-state index in [1.165, 1.54) is 23.3 Å². The van der Waals surface area contributed by atoms with Crippen LogP contribution in [0.2, 0.25) is 0 Å². The molecule has 0 amide bonds. The van der Waals surface area contributed by atoms with Gasteiger partial charge in [0.15, 0.2) is 0 Å². The molecular weight excluding hydrogens is 253 g/mol. The molecule has 0 fully saturated rings. The van der Waals surface area contributed by atoms with Crippen LogP contribution in [0, 0.1) is 5.82 Å². The quantitative estimate of drug-likeness (QED) is 0.848. The summed E-state index contributed by atoms with van der Waals surface area (Å²) < 4.78 is 18.8. The molecule has 0 bridgehead atoms. The summed E-state index contributed by atoms with van der Waals surface area (Å²) in [7, 11) is 2.13. The summed E-state index contributed by atoms with van der Waals surface area (Å²) in [6.07, 6.45) is 1.02. The number of halogens is 1. The van der Waals surface area contributed by atoms with Gasteiger partial charge in [0.1, 0.15) is 18.2 Å². The molecule has 2 aromatic rings. The first kappa shape index (κ1) is 13.1. The lowest BCUT2D eigenvalue weighted by Gasteiger charge is -2.26. The van der Waals surface area contributed by atoms with Gasteiger partial charge in [-0.2, -0.15) is 0 Å². The Bertz CT molecular complexity index is 594. The fourth-order valence-corrected chi connectivity index (χ4v) is 2.59. The molecule has 104 valence electrons. The molecule has 1 aliphatic rings. The molecule has 1 heterocycles. The van der Waals surface area contributed by atoms with Gasteiger partial charge < -0.3 is 9.64 Å². The van der Waals surface area contributed by atoms with E-state index in [0.717, 1.165) is 30.8 Å². The van der Waals surface area contributed by atoms with Gasteiger partial charge >= 0.3 is 0 Å². The summed E-state index contributed by atoms with van der Waals surface area (Å²) in [5, 5.41) is 0. The minimum atomic E-state index is -0.214. The van der Waals surface area contributed by atoms with Gasteiger partial charge in [0.05, 0.1) is 0 Å². The maximum Gasteiger partial charge on any atom is 0.123 e. The van der Waals surface area contributed by atoms with Gasteiger partial charge in [0.25, 0.3) is 0 Å². The van der Waals surface area contributed by atoms with Crippen LogP contribution < -0.4 is 4.74 Å². The van der Waals surface area contributed by atoms with Gasteiger partial charge in [-0.05, 0) is 48.4 Å². The predicted octanol–water partition coefficient (Wildman–Crippen LogP) is 3.39. The van der Waals surface area contributed by atoms with Gasteiger partial charge in [-0.25, -0.2) is 4.39 Å². The van der Waals surface area contributed by atoms with E-state index >= 15 is 0 Å². The van der Waals surface area contributed by atoms with E-state index in [2.05, 4.69) is 18.0 Å². The van der Waals surface area contributed by atoms with E-state index in [-0.39, 0.29) is 5.82 Å². The molecule has 3 rings (SSSR count). The SMILES string of the molecule is CN1CCc2c(cccc2OCc2ccc(F)cc2)C1. The molecule has 3 heteroatoms. The average molecular weight is 271 g/mol. The Kier molecular flexibility index (Phi) is 3.70. The van der Waals surface area contributed by atoms with Gasteiger partial charge in [0, 0.05) is 13.1 Å². The molecule has 0 saturated carbocycles. The normalized spacial score (nSPS) is 14.9. The molecule has 1 aliphatic heterocycles. The zero-order valence-corrected chi connectivity index (χ0v) is 11.6. The van der Waals surface area contributed by atoms with Crippen molar-refractivity contribution in [2.24, 2.45) is 0 Å². The molecule has 20 heavy (non-hydrogen) atoms. The number of benzene rings is 2. The largest absolute Gasteiger partial charge is 0.489 e. The summed E-state index contributed by atoms with van der Waals surface area (Å²) in [6.45, 7) is 2.51. The third-order valence-electron chi connectivity index (χ3n) is 3.72. The molecule has 2 nitrogen and oxygen atoms in total. The summed E-state index contributed by atoms with van der Waals surface area (Å²) in [5.41, 5.74) is 3.64. The van der Waals surface area contributed by atoms with Crippen LogP contribution in [0.1, 0.15) is 16.7 Å². The van der Waals surface area contributed by atoms with E-state index in [1.54, 1.807) is 12.1 Å². The van der Waals surface area contributed by atoms with Crippen LogP contribution in [-0.2, 0) is 19.6 Å². The Hall–Kier alpha value is -1.87. The number of nitrogens with zero attached hydrogens (tertiary/aromatic N) is 1. The van der Waals surface area contributed by atoms with Crippen molar-refractivity contribution in [1.82, 2.24) is 4.90 Å². The van der Waals surface area contributed by atoms with E-state index in [0.29, 0.717) is 6.61 Å². The lowest BCUT2D eigenvalue weighted by atomic mass is 9.99. The second-order valence-corrected chi connectivity index (χ2v) is 5.30. The fraction of sp³-hybridized carbons (Fsp3) is 0.294. The van der Waals surface area contributed by atoms with E-state index in [4.69, 9.17) is 4.74 Å². The highest BCUT2D eigenvalue weighted by atomic mass is 19.1. The molecular formula is C17H18FNO. The number of hydrogen-bond acceptors (Lipinski definition) is 2. The minimum absolute atomic E-state index is 0.214. The minimum Gasteiger partial charge on any atom is -0.489 e. The van der Waals surface area contributed by atoms with Crippen molar-refractivity contribution >= 4 is 0 Å². The Morgan fingerprint density at radius 1 is 1.15 bits per heavy atom. The van der Waals surface area contributed by atoms with Crippen molar-refractivity contribution in [3.8, 4) is 5.75 Å². The number of ether oxygens (including phenoxy) is 1. The van der Waals surface area contributed by atoms with Crippen LogP contribution in [0.4, 0.5) is 4.39 Å². The van der Waals surface area contributed by atoms with Crippen molar-refractivity contribution in [2.75, 3.05) is 13.6 Å². The second-order valence-electron chi connectivity index (χ2n) is 5.30. The summed E-state index contributed by atoms with van der Waals surface area (Å²) in [4.78, 5) is 2.31. The lowest BCUT2D eigenvalue weighted by Crippen LogP contribution is -2.26. The van der Waals surface area contributed by atoms with Crippen molar-refractivity contribution in [3.05, 3.63) is 65.0 Å². The van der Waals surface area contributed by atoms with Crippen LogP contribution >= 0.6 is 0 Å². The highest BCUT2D eigenvalue weighted by Gasteiger charge is 2.16. The first-order valence-corrected chi connectivity index (χ1v) is 6.89. The molecule has 0 aliphatic carbocycles.